The summed E-state index contributed by atoms with van der Waals surface area (Å²) in [5, 5.41) is 10.8. The molecule has 0 saturated heterocycles. The third-order valence-corrected chi connectivity index (χ3v) is 4.06. The van der Waals surface area contributed by atoms with Crippen molar-refractivity contribution in [3.8, 4) is 16.9 Å². The second-order valence-corrected chi connectivity index (χ2v) is 6.12. The van der Waals surface area contributed by atoms with E-state index >= 15 is 0 Å². The third-order valence-electron chi connectivity index (χ3n) is 3.49. The van der Waals surface area contributed by atoms with E-state index in [1.165, 1.54) is 17.3 Å². The van der Waals surface area contributed by atoms with E-state index in [0.29, 0.717) is 19.1 Å². The lowest BCUT2D eigenvalue weighted by Crippen LogP contribution is -2.04. The molecule has 1 atom stereocenters. The number of rotatable bonds is 11. The maximum absolute atomic E-state index is 8.66. The highest BCUT2D eigenvalue weighted by Gasteiger charge is 2.13. The Balaban J connectivity index is 2.87. The minimum Gasteiger partial charge on any atom is -0.490 e. The van der Waals surface area contributed by atoms with E-state index in [2.05, 4.69) is 38.3 Å². The van der Waals surface area contributed by atoms with Gasteiger partial charge in [0.25, 0.3) is 0 Å². The molecule has 0 radical (unpaired) electrons. The Morgan fingerprint density at radius 3 is 2.36 bits per heavy atom. The van der Waals surface area contributed by atoms with E-state index in [9.17, 15) is 0 Å². The number of thioether (sulfide) groups is 1. The van der Waals surface area contributed by atoms with Gasteiger partial charge >= 0.3 is 0 Å². The fraction of sp³-hybridized carbons (Fsp3) is 0.611. The van der Waals surface area contributed by atoms with E-state index in [-0.39, 0.29) is 0 Å². The summed E-state index contributed by atoms with van der Waals surface area (Å²) in [6.07, 6.45) is 4.04. The van der Waals surface area contributed by atoms with Gasteiger partial charge in [-0.2, -0.15) is 5.26 Å². The van der Waals surface area contributed by atoms with Crippen molar-refractivity contribution in [1.82, 2.24) is 0 Å². The van der Waals surface area contributed by atoms with Crippen LogP contribution in [0.3, 0.4) is 0 Å². The average molecular weight is 321 g/mol. The van der Waals surface area contributed by atoms with Gasteiger partial charge in [0.2, 0.25) is 0 Å². The van der Waals surface area contributed by atoms with Gasteiger partial charge in [0.1, 0.15) is 5.40 Å². The minimum absolute atomic E-state index is 0.463. The van der Waals surface area contributed by atoms with E-state index in [1.54, 1.807) is 0 Å². The quantitative estimate of drug-likeness (QED) is 0.406. The van der Waals surface area contributed by atoms with Crippen LogP contribution in [0, 0.1) is 10.7 Å². The summed E-state index contributed by atoms with van der Waals surface area (Å²) < 4.78 is 11.6. The Morgan fingerprint density at radius 2 is 1.77 bits per heavy atom. The molecule has 1 aromatic carbocycles. The molecule has 0 aromatic heterocycles. The lowest BCUT2D eigenvalue weighted by Gasteiger charge is -2.18. The Morgan fingerprint density at radius 1 is 1.09 bits per heavy atom. The lowest BCUT2D eigenvalue weighted by atomic mass is 9.93. The van der Waals surface area contributed by atoms with Gasteiger partial charge in [0.15, 0.2) is 11.5 Å². The van der Waals surface area contributed by atoms with Crippen LogP contribution in [-0.2, 0) is 0 Å². The second-order valence-electron chi connectivity index (χ2n) is 5.24. The van der Waals surface area contributed by atoms with E-state index in [4.69, 9.17) is 14.7 Å². The number of hydrogen-bond acceptors (Lipinski definition) is 4. The summed E-state index contributed by atoms with van der Waals surface area (Å²) in [4.78, 5) is 0. The summed E-state index contributed by atoms with van der Waals surface area (Å²) in [6, 6.07) is 6.27. The number of hydrogen-bond donors (Lipinski definition) is 0. The molecule has 0 fully saturated rings. The van der Waals surface area contributed by atoms with Crippen LogP contribution in [0.5, 0.6) is 11.5 Å². The second kappa shape index (κ2) is 11.3. The van der Waals surface area contributed by atoms with Gasteiger partial charge in [0, 0.05) is 5.75 Å². The minimum atomic E-state index is 0.463. The molecule has 0 aliphatic carbocycles. The molecule has 0 aliphatic heterocycles. The number of thiocyanates is 1. The first-order valence-electron chi connectivity index (χ1n) is 8.17. The van der Waals surface area contributed by atoms with Crippen molar-refractivity contribution in [1.29, 1.82) is 5.26 Å². The molecule has 1 unspecified atom stereocenters. The molecule has 22 heavy (non-hydrogen) atoms. The van der Waals surface area contributed by atoms with E-state index in [0.717, 1.165) is 42.9 Å². The third kappa shape index (κ3) is 6.19. The molecular formula is C18H27NO2S. The summed E-state index contributed by atoms with van der Waals surface area (Å²) in [6.45, 7) is 7.80. The normalized spacial score (nSPS) is 11.7. The first-order valence-corrected chi connectivity index (χ1v) is 9.15. The van der Waals surface area contributed by atoms with Gasteiger partial charge in [-0.1, -0.05) is 26.8 Å². The van der Waals surface area contributed by atoms with Crippen LogP contribution in [0.1, 0.15) is 57.9 Å². The first kappa shape index (κ1) is 18.7. The molecule has 1 rings (SSSR count). The number of nitriles is 1. The van der Waals surface area contributed by atoms with Gasteiger partial charge in [-0.3, -0.25) is 0 Å². The largest absolute Gasteiger partial charge is 0.490 e. The van der Waals surface area contributed by atoms with Crippen molar-refractivity contribution in [2.24, 2.45) is 0 Å². The first-order chi connectivity index (χ1) is 10.8. The Hall–Kier alpha value is -1.34. The summed E-state index contributed by atoms with van der Waals surface area (Å²) >= 11 is 1.33. The van der Waals surface area contributed by atoms with Crippen LogP contribution in [0.2, 0.25) is 0 Å². The molecule has 1 aromatic rings. The van der Waals surface area contributed by atoms with Crippen LogP contribution in [0.25, 0.3) is 0 Å². The molecule has 0 spiro atoms. The van der Waals surface area contributed by atoms with Crippen LogP contribution < -0.4 is 9.47 Å². The van der Waals surface area contributed by atoms with Gasteiger partial charge in [-0.15, -0.1) is 0 Å². The molecule has 122 valence electrons. The molecule has 0 heterocycles. The van der Waals surface area contributed by atoms with Crippen LogP contribution in [0.4, 0.5) is 0 Å². The van der Waals surface area contributed by atoms with Crippen LogP contribution in [0.15, 0.2) is 18.2 Å². The molecule has 0 aliphatic rings. The topological polar surface area (TPSA) is 42.2 Å². The maximum atomic E-state index is 8.66. The van der Waals surface area contributed by atoms with Crippen molar-refractivity contribution in [2.75, 3.05) is 19.0 Å². The number of ether oxygens (including phenoxy) is 2. The monoisotopic (exact) mass is 321 g/mol. The Kier molecular flexibility index (Phi) is 9.57. The van der Waals surface area contributed by atoms with E-state index in [1.807, 2.05) is 6.07 Å². The molecule has 0 bridgehead atoms. The van der Waals surface area contributed by atoms with Crippen molar-refractivity contribution in [3.05, 3.63) is 23.8 Å². The maximum Gasteiger partial charge on any atom is 0.161 e. The SMILES string of the molecule is CCCOc1ccc(C(CC)CCSC#N)cc1OCCC. The fourth-order valence-corrected chi connectivity index (χ4v) is 2.78. The van der Waals surface area contributed by atoms with Crippen molar-refractivity contribution in [3.63, 3.8) is 0 Å². The predicted octanol–water partition coefficient (Wildman–Crippen LogP) is 5.36. The van der Waals surface area contributed by atoms with Crippen molar-refractivity contribution < 1.29 is 9.47 Å². The van der Waals surface area contributed by atoms with Crippen LogP contribution in [-0.4, -0.2) is 19.0 Å². The number of benzene rings is 1. The van der Waals surface area contributed by atoms with Gasteiger partial charge < -0.3 is 9.47 Å². The van der Waals surface area contributed by atoms with Gasteiger partial charge in [-0.25, -0.2) is 0 Å². The summed E-state index contributed by atoms with van der Waals surface area (Å²) in [5.41, 5.74) is 1.27. The lowest BCUT2D eigenvalue weighted by molar-refractivity contribution is 0.268. The predicted molar refractivity (Wildman–Crippen MR) is 93.7 cm³/mol. The Labute approximate surface area is 139 Å². The highest BCUT2D eigenvalue weighted by molar-refractivity contribution is 8.03. The molecule has 4 heteroatoms. The highest BCUT2D eigenvalue weighted by atomic mass is 32.2. The summed E-state index contributed by atoms with van der Waals surface area (Å²) in [7, 11) is 0. The highest BCUT2D eigenvalue weighted by Crippen LogP contribution is 2.34. The van der Waals surface area contributed by atoms with Gasteiger partial charge in [0.05, 0.1) is 13.2 Å². The Bertz CT molecular complexity index is 471. The molecule has 0 amide bonds. The fourth-order valence-electron chi connectivity index (χ4n) is 2.29. The zero-order chi connectivity index (χ0) is 16.2. The van der Waals surface area contributed by atoms with Gasteiger partial charge in [-0.05, 0) is 61.1 Å². The van der Waals surface area contributed by atoms with Crippen molar-refractivity contribution in [2.45, 2.75) is 52.4 Å². The van der Waals surface area contributed by atoms with Crippen LogP contribution >= 0.6 is 11.8 Å². The number of nitrogens with zero attached hydrogens (tertiary/aromatic N) is 1. The zero-order valence-corrected chi connectivity index (χ0v) is 14.7. The molecule has 0 N–H and O–H groups in total. The van der Waals surface area contributed by atoms with E-state index < -0.39 is 0 Å². The van der Waals surface area contributed by atoms with Crippen molar-refractivity contribution >= 4 is 11.8 Å². The zero-order valence-electron chi connectivity index (χ0n) is 13.9. The average Bonchev–Trinajstić information content (AvgIpc) is 2.55. The molecular weight excluding hydrogens is 294 g/mol. The summed E-state index contributed by atoms with van der Waals surface area (Å²) in [5.74, 6) is 3.01. The standard InChI is InChI=1S/C18H27NO2S/c1-4-10-20-17-8-7-16(13-18(17)21-11-5-2)15(6-3)9-12-22-14-19/h7-8,13,15H,4-6,9-12H2,1-3H3. The molecule has 0 saturated carbocycles. The smallest absolute Gasteiger partial charge is 0.161 e. The molecule has 3 nitrogen and oxygen atoms in total.